The van der Waals surface area contributed by atoms with Crippen molar-refractivity contribution in [1.82, 2.24) is 10.3 Å². The molecule has 3 aromatic rings. The molecule has 0 radical (unpaired) electrons. The predicted molar refractivity (Wildman–Crippen MR) is 116 cm³/mol. The summed E-state index contributed by atoms with van der Waals surface area (Å²) in [6.45, 7) is 3.43. The van der Waals surface area contributed by atoms with Crippen LogP contribution < -0.4 is 10.6 Å². The second kappa shape index (κ2) is 9.12. The van der Waals surface area contributed by atoms with Gasteiger partial charge in [0.05, 0.1) is 18.2 Å². The van der Waals surface area contributed by atoms with Crippen LogP contribution >= 0.6 is 27.3 Å². The maximum Gasteiger partial charge on any atom is 0.228 e. The summed E-state index contributed by atoms with van der Waals surface area (Å²) in [5.41, 5.74) is 2.74. The summed E-state index contributed by atoms with van der Waals surface area (Å²) in [6.07, 6.45) is 0.135. The third-order valence-electron chi connectivity index (χ3n) is 4.13. The largest absolute Gasteiger partial charge is 0.349 e. The van der Waals surface area contributed by atoms with Crippen molar-refractivity contribution >= 4 is 44.2 Å². The molecule has 1 aromatic heterocycles. The number of halogens is 1. The molecule has 0 fully saturated rings. The molecule has 2 amide bonds. The van der Waals surface area contributed by atoms with Crippen LogP contribution in [-0.2, 0) is 9.59 Å². The quantitative estimate of drug-likeness (QED) is 0.541. The first-order valence-corrected chi connectivity index (χ1v) is 10.4. The van der Waals surface area contributed by atoms with E-state index >= 15 is 0 Å². The average Bonchev–Trinajstić information content (AvgIpc) is 3.02. The van der Waals surface area contributed by atoms with E-state index in [0.29, 0.717) is 5.13 Å². The number of rotatable bonds is 6. The van der Waals surface area contributed by atoms with E-state index in [1.807, 2.05) is 61.5 Å². The van der Waals surface area contributed by atoms with Gasteiger partial charge in [-0.3, -0.25) is 9.59 Å². The first-order valence-electron chi connectivity index (χ1n) is 8.77. The number of hydrogen-bond acceptors (Lipinski definition) is 4. The molecule has 0 spiro atoms. The Morgan fingerprint density at radius 2 is 1.79 bits per heavy atom. The van der Waals surface area contributed by atoms with E-state index in [1.165, 1.54) is 18.3 Å². The number of carbonyl (C=O) groups is 2. The fraction of sp³-hybridized carbons (Fsp3) is 0.190. The summed E-state index contributed by atoms with van der Waals surface area (Å²) in [5, 5.41) is 6.26. The summed E-state index contributed by atoms with van der Waals surface area (Å²) in [6, 6.07) is 17.0. The standard InChI is InChI=1S/C21H20BrN3O2S/c1-13-20(16-8-10-17(22)11-9-16)25-21(28-13)24-19(27)12-18(23-14(2)26)15-6-4-3-5-7-15/h3-11,18H,12H2,1-2H3,(H,23,26)(H,24,25,27). The van der Waals surface area contributed by atoms with E-state index in [0.717, 1.165) is 26.2 Å². The van der Waals surface area contributed by atoms with Gasteiger partial charge in [0, 0.05) is 21.8 Å². The maximum absolute atomic E-state index is 12.6. The Balaban J connectivity index is 1.72. The molecule has 0 bridgehead atoms. The van der Waals surface area contributed by atoms with Crippen LogP contribution in [0.25, 0.3) is 11.3 Å². The van der Waals surface area contributed by atoms with Gasteiger partial charge in [0.15, 0.2) is 5.13 Å². The van der Waals surface area contributed by atoms with Gasteiger partial charge < -0.3 is 10.6 Å². The highest BCUT2D eigenvalue weighted by Crippen LogP contribution is 2.31. The lowest BCUT2D eigenvalue weighted by Gasteiger charge is -2.17. The van der Waals surface area contributed by atoms with Crippen molar-refractivity contribution < 1.29 is 9.59 Å². The van der Waals surface area contributed by atoms with Crippen molar-refractivity contribution in [1.29, 1.82) is 0 Å². The van der Waals surface area contributed by atoms with E-state index in [9.17, 15) is 9.59 Å². The van der Waals surface area contributed by atoms with E-state index in [4.69, 9.17) is 0 Å². The van der Waals surface area contributed by atoms with Gasteiger partial charge in [-0.05, 0) is 24.6 Å². The van der Waals surface area contributed by atoms with Crippen LogP contribution in [0.1, 0.15) is 29.8 Å². The van der Waals surface area contributed by atoms with E-state index in [-0.39, 0.29) is 24.3 Å². The van der Waals surface area contributed by atoms with Gasteiger partial charge in [0.2, 0.25) is 11.8 Å². The molecule has 7 heteroatoms. The summed E-state index contributed by atoms with van der Waals surface area (Å²) >= 11 is 4.87. The summed E-state index contributed by atoms with van der Waals surface area (Å²) in [7, 11) is 0. The van der Waals surface area contributed by atoms with Crippen LogP contribution in [0.15, 0.2) is 59.1 Å². The molecule has 1 atom stereocenters. The zero-order valence-electron chi connectivity index (χ0n) is 15.5. The molecule has 0 aliphatic rings. The lowest BCUT2D eigenvalue weighted by atomic mass is 10.0. The van der Waals surface area contributed by atoms with Crippen molar-refractivity contribution in [2.75, 3.05) is 5.32 Å². The van der Waals surface area contributed by atoms with Gasteiger partial charge in [-0.1, -0.05) is 58.4 Å². The Morgan fingerprint density at radius 3 is 2.43 bits per heavy atom. The second-order valence-corrected chi connectivity index (χ2v) is 8.47. The van der Waals surface area contributed by atoms with Gasteiger partial charge in [-0.15, -0.1) is 11.3 Å². The number of carbonyl (C=O) groups excluding carboxylic acids is 2. The Kier molecular flexibility index (Phi) is 6.59. The predicted octanol–water partition coefficient (Wildman–Crippen LogP) is 5.09. The Hall–Kier alpha value is -2.51. The number of nitrogens with zero attached hydrogens (tertiary/aromatic N) is 1. The molecule has 2 aromatic carbocycles. The number of hydrogen-bond donors (Lipinski definition) is 2. The highest BCUT2D eigenvalue weighted by atomic mass is 79.9. The Morgan fingerprint density at radius 1 is 1.11 bits per heavy atom. The molecule has 144 valence electrons. The number of anilines is 1. The van der Waals surface area contributed by atoms with Crippen molar-refractivity contribution in [2.45, 2.75) is 26.3 Å². The van der Waals surface area contributed by atoms with Crippen LogP contribution in [0.4, 0.5) is 5.13 Å². The molecule has 1 heterocycles. The normalized spacial score (nSPS) is 11.7. The molecule has 0 saturated carbocycles. The third kappa shape index (κ3) is 5.27. The minimum atomic E-state index is -0.384. The molecular weight excluding hydrogens is 438 g/mol. The zero-order valence-corrected chi connectivity index (χ0v) is 17.9. The number of amides is 2. The van der Waals surface area contributed by atoms with E-state index in [1.54, 1.807) is 0 Å². The summed E-state index contributed by atoms with van der Waals surface area (Å²) in [4.78, 5) is 29.7. The number of aromatic nitrogens is 1. The second-order valence-electron chi connectivity index (χ2n) is 6.35. The van der Waals surface area contributed by atoms with Gasteiger partial charge >= 0.3 is 0 Å². The van der Waals surface area contributed by atoms with Crippen molar-refractivity contribution in [2.24, 2.45) is 0 Å². The maximum atomic E-state index is 12.6. The highest BCUT2D eigenvalue weighted by molar-refractivity contribution is 9.10. The molecule has 0 aliphatic heterocycles. The van der Waals surface area contributed by atoms with Crippen LogP contribution in [-0.4, -0.2) is 16.8 Å². The average molecular weight is 458 g/mol. The summed E-state index contributed by atoms with van der Waals surface area (Å²) in [5.74, 6) is -0.372. The molecule has 5 nitrogen and oxygen atoms in total. The van der Waals surface area contributed by atoms with Crippen molar-refractivity contribution in [3.63, 3.8) is 0 Å². The van der Waals surface area contributed by atoms with Crippen LogP contribution in [0, 0.1) is 6.92 Å². The Bertz CT molecular complexity index is 971. The van der Waals surface area contributed by atoms with E-state index in [2.05, 4.69) is 31.5 Å². The fourth-order valence-corrected chi connectivity index (χ4v) is 3.98. The highest BCUT2D eigenvalue weighted by Gasteiger charge is 2.18. The first-order chi connectivity index (χ1) is 13.4. The number of aryl methyl sites for hydroxylation is 1. The lowest BCUT2D eigenvalue weighted by Crippen LogP contribution is -2.29. The topological polar surface area (TPSA) is 71.1 Å². The van der Waals surface area contributed by atoms with Crippen LogP contribution in [0.3, 0.4) is 0 Å². The monoisotopic (exact) mass is 457 g/mol. The van der Waals surface area contributed by atoms with Crippen LogP contribution in [0.5, 0.6) is 0 Å². The van der Waals surface area contributed by atoms with Gasteiger partial charge in [0.25, 0.3) is 0 Å². The molecule has 0 saturated heterocycles. The number of thiazole rings is 1. The number of benzene rings is 2. The van der Waals surface area contributed by atoms with Crippen LogP contribution in [0.2, 0.25) is 0 Å². The number of nitrogens with one attached hydrogen (secondary N) is 2. The molecular formula is C21H20BrN3O2S. The fourth-order valence-electron chi connectivity index (χ4n) is 2.86. The van der Waals surface area contributed by atoms with Crippen molar-refractivity contribution in [3.8, 4) is 11.3 Å². The molecule has 28 heavy (non-hydrogen) atoms. The molecule has 2 N–H and O–H groups in total. The van der Waals surface area contributed by atoms with E-state index < -0.39 is 0 Å². The third-order valence-corrected chi connectivity index (χ3v) is 5.54. The SMILES string of the molecule is CC(=O)NC(CC(=O)Nc1nc(-c2ccc(Br)cc2)c(C)s1)c1ccccc1. The Labute approximate surface area is 176 Å². The molecule has 3 rings (SSSR count). The van der Waals surface area contributed by atoms with Gasteiger partial charge in [0.1, 0.15) is 0 Å². The zero-order chi connectivity index (χ0) is 20.1. The molecule has 1 unspecified atom stereocenters. The van der Waals surface area contributed by atoms with Crippen molar-refractivity contribution in [3.05, 3.63) is 69.5 Å². The van der Waals surface area contributed by atoms with Gasteiger partial charge in [-0.25, -0.2) is 4.98 Å². The minimum absolute atomic E-state index is 0.135. The minimum Gasteiger partial charge on any atom is -0.349 e. The summed E-state index contributed by atoms with van der Waals surface area (Å²) < 4.78 is 1.00. The first kappa shape index (κ1) is 20.2. The van der Waals surface area contributed by atoms with Gasteiger partial charge in [-0.2, -0.15) is 0 Å². The lowest BCUT2D eigenvalue weighted by molar-refractivity contribution is -0.120. The molecule has 0 aliphatic carbocycles. The smallest absolute Gasteiger partial charge is 0.228 e.